The maximum atomic E-state index is 8.29. The van der Waals surface area contributed by atoms with Gasteiger partial charge in [-0.1, -0.05) is 182 Å². The zero-order valence-electron chi connectivity index (χ0n) is 41.6. The lowest BCUT2D eigenvalue weighted by Gasteiger charge is -2.12. The van der Waals surface area contributed by atoms with E-state index in [9.17, 15) is 0 Å². The average Bonchev–Trinajstić information content (AvgIpc) is 4.22. The molecule has 11 aromatic carbocycles. The Kier molecular flexibility index (Phi) is 10.2. The fraction of sp³-hybridized carbons (Fsp3) is 0. The van der Waals surface area contributed by atoms with Crippen molar-refractivity contribution >= 4 is 71.1 Å². The summed E-state index contributed by atoms with van der Waals surface area (Å²) in [5.41, 5.74) is 19.4. The maximum absolute atomic E-state index is 8.29. The number of hydrogen-bond donors (Lipinski definition) is 0. The van der Waals surface area contributed by atoms with E-state index >= 15 is 0 Å². The summed E-state index contributed by atoms with van der Waals surface area (Å²) in [7, 11) is 0. The molecule has 77 heavy (non-hydrogen) atoms. The number of benzene rings is 11. The number of hydrogen-bond acceptors (Lipinski definition) is 2. The molecule has 15 aromatic rings. The fourth-order valence-corrected chi connectivity index (χ4v) is 11.7. The van der Waals surface area contributed by atoms with Gasteiger partial charge in [0.25, 0.3) is 0 Å². The van der Waals surface area contributed by atoms with E-state index in [0.29, 0.717) is 11.5 Å². The smallest absolute Gasteiger partial charge is 0.195 e. The molecule has 0 fully saturated rings. The minimum absolute atomic E-state index is 0.566. The molecule has 0 bridgehead atoms. The largest absolute Gasteiger partial charge is 0.309 e. The van der Waals surface area contributed by atoms with E-state index in [1.165, 1.54) is 54.4 Å². The highest BCUT2D eigenvalue weighted by atomic mass is 15.0. The Morgan fingerprint density at radius 3 is 1.14 bits per heavy atom. The monoisotopic (exact) mass is 980 g/mol. The van der Waals surface area contributed by atoms with Crippen LogP contribution in [0.2, 0.25) is 0 Å². The van der Waals surface area contributed by atoms with Gasteiger partial charge in [0, 0.05) is 60.5 Å². The highest BCUT2D eigenvalue weighted by Crippen LogP contribution is 2.41. The molecular weight excluding hydrogens is 937 g/mol. The molecule has 0 spiro atoms. The second-order valence-electron chi connectivity index (χ2n) is 19.6. The molecule has 15 rings (SSSR count). The Hall–Kier alpha value is -10.6. The number of nitrogens with zero attached hydrogens (tertiary/aromatic N) is 6. The van der Waals surface area contributed by atoms with Crippen molar-refractivity contribution in [1.82, 2.24) is 23.7 Å². The van der Waals surface area contributed by atoms with Crippen LogP contribution in [0.4, 0.5) is 5.69 Å². The van der Waals surface area contributed by atoms with E-state index in [-0.39, 0.29) is 0 Å². The lowest BCUT2D eigenvalue weighted by Crippen LogP contribution is -1.96. The van der Waals surface area contributed by atoms with E-state index in [4.69, 9.17) is 16.5 Å². The van der Waals surface area contributed by atoms with Crippen LogP contribution >= 0.6 is 0 Å². The van der Waals surface area contributed by atoms with Gasteiger partial charge in [0.2, 0.25) is 0 Å². The first kappa shape index (κ1) is 43.9. The van der Waals surface area contributed by atoms with Crippen LogP contribution in [-0.4, -0.2) is 23.7 Å². The van der Waals surface area contributed by atoms with Crippen LogP contribution < -0.4 is 0 Å². The van der Waals surface area contributed by atoms with Gasteiger partial charge in [0.1, 0.15) is 0 Å². The van der Waals surface area contributed by atoms with Gasteiger partial charge in [-0.05, 0) is 113 Å². The third kappa shape index (κ3) is 7.25. The van der Waals surface area contributed by atoms with Crippen LogP contribution in [0.15, 0.2) is 267 Å². The second-order valence-corrected chi connectivity index (χ2v) is 19.6. The molecule has 0 aliphatic rings. The van der Waals surface area contributed by atoms with Gasteiger partial charge in [-0.3, -0.25) is 0 Å². The van der Waals surface area contributed by atoms with Gasteiger partial charge in [-0.2, -0.15) is 0 Å². The van der Waals surface area contributed by atoms with Gasteiger partial charge in [-0.15, -0.1) is 0 Å². The zero-order valence-corrected chi connectivity index (χ0v) is 41.6. The molecule has 0 aliphatic heterocycles. The van der Waals surface area contributed by atoms with Crippen molar-refractivity contribution in [2.45, 2.75) is 0 Å². The van der Waals surface area contributed by atoms with Gasteiger partial charge in [0.05, 0.1) is 51.1 Å². The molecule has 6 heteroatoms. The fourth-order valence-electron chi connectivity index (χ4n) is 11.7. The maximum Gasteiger partial charge on any atom is 0.195 e. The molecule has 4 heterocycles. The summed E-state index contributed by atoms with van der Waals surface area (Å²) in [6, 6.07) is 94.5. The second kappa shape index (κ2) is 17.8. The predicted molar refractivity (Wildman–Crippen MR) is 318 cm³/mol. The van der Waals surface area contributed by atoms with Gasteiger partial charge in [0.15, 0.2) is 11.5 Å². The summed E-state index contributed by atoms with van der Waals surface area (Å²) >= 11 is 0. The zero-order chi connectivity index (χ0) is 51.0. The molecule has 6 nitrogen and oxygen atoms in total. The Bertz CT molecular complexity index is 4510. The van der Waals surface area contributed by atoms with Crippen molar-refractivity contribution in [2.75, 3.05) is 0 Å². The first-order chi connectivity index (χ1) is 38.1. The third-order valence-corrected chi connectivity index (χ3v) is 15.3. The van der Waals surface area contributed by atoms with Gasteiger partial charge < -0.3 is 13.7 Å². The van der Waals surface area contributed by atoms with Crippen molar-refractivity contribution in [3.8, 4) is 73.2 Å². The SMILES string of the molecule is [C-]#[N+]c1cc(-c2cc(-c3ccccc3)nc(-c3ccccc3)n2)ccc1-c1ccc(-c2ccc(-n3c4ccc(-n5c6ccccc6c6ccccc65)cc4c4cc(-n5c6ccccc6c6ccccc65)ccc43)cc2)cc1. The minimum Gasteiger partial charge on any atom is -0.309 e. The average molecular weight is 981 g/mol. The molecule has 0 aliphatic carbocycles. The van der Waals surface area contributed by atoms with E-state index in [0.717, 1.165) is 78.4 Å². The third-order valence-electron chi connectivity index (χ3n) is 15.3. The van der Waals surface area contributed by atoms with E-state index in [2.05, 4.69) is 219 Å². The van der Waals surface area contributed by atoms with Crippen LogP contribution in [0.3, 0.4) is 0 Å². The quantitative estimate of drug-likeness (QED) is 0.142. The van der Waals surface area contributed by atoms with Crippen LogP contribution in [-0.2, 0) is 0 Å². The summed E-state index contributed by atoms with van der Waals surface area (Å²) in [6.07, 6.45) is 0. The number of fused-ring (bicyclic) bond motifs is 9. The predicted octanol–water partition coefficient (Wildman–Crippen LogP) is 18.7. The van der Waals surface area contributed by atoms with Crippen molar-refractivity contribution in [1.29, 1.82) is 0 Å². The highest BCUT2D eigenvalue weighted by Gasteiger charge is 2.20. The molecule has 0 saturated carbocycles. The molecule has 0 unspecified atom stereocenters. The molecule has 358 valence electrons. The van der Waals surface area contributed by atoms with Crippen molar-refractivity contribution in [3.05, 3.63) is 278 Å². The lowest BCUT2D eigenvalue weighted by atomic mass is 9.97. The molecule has 0 amide bonds. The Morgan fingerprint density at radius 1 is 0.273 bits per heavy atom. The molecule has 4 aromatic heterocycles. The lowest BCUT2D eigenvalue weighted by molar-refractivity contribution is 1.16. The van der Waals surface area contributed by atoms with Gasteiger partial charge in [-0.25, -0.2) is 14.8 Å². The van der Waals surface area contributed by atoms with Crippen molar-refractivity contribution in [3.63, 3.8) is 0 Å². The first-order valence-electron chi connectivity index (χ1n) is 25.9. The van der Waals surface area contributed by atoms with Crippen LogP contribution in [0, 0.1) is 6.57 Å². The topological polar surface area (TPSA) is 44.9 Å². The number of rotatable bonds is 8. The van der Waals surface area contributed by atoms with Crippen LogP contribution in [0.5, 0.6) is 0 Å². The Labute approximate surface area is 444 Å². The summed E-state index contributed by atoms with van der Waals surface area (Å²) in [5, 5.41) is 7.33. The van der Waals surface area contributed by atoms with Crippen LogP contribution in [0.25, 0.3) is 143 Å². The molecule has 0 saturated heterocycles. The first-order valence-corrected chi connectivity index (χ1v) is 25.9. The van der Waals surface area contributed by atoms with E-state index in [1.54, 1.807) is 0 Å². The van der Waals surface area contributed by atoms with Crippen molar-refractivity contribution < 1.29 is 0 Å². The number of aromatic nitrogens is 5. The Balaban J connectivity index is 0.802. The molecule has 0 atom stereocenters. The van der Waals surface area contributed by atoms with Gasteiger partial charge >= 0.3 is 0 Å². The minimum atomic E-state index is 0.566. The Morgan fingerprint density at radius 2 is 0.649 bits per heavy atom. The van der Waals surface area contributed by atoms with Crippen LogP contribution in [0.1, 0.15) is 0 Å². The normalized spacial score (nSPS) is 11.6. The summed E-state index contributed by atoms with van der Waals surface area (Å²) < 4.78 is 7.22. The summed E-state index contributed by atoms with van der Waals surface area (Å²) in [5.74, 6) is 0.643. The molecule has 0 N–H and O–H groups in total. The standard InChI is InChI=1S/C71H44N6/c1-72-64-42-51(63-45-62(49-16-4-2-5-17-49)73-71(74-63)50-18-6-3-7-19-50)34-39-55(64)48-30-28-46(29-31-48)47-32-35-52(36-33-47)75-69-40-37-53(76-65-24-12-8-20-56(65)57-21-9-13-25-66(57)76)43-60(69)61-44-54(38-41-70(61)75)77-67-26-14-10-22-58(67)59-23-11-15-27-68(59)77/h2-45H. The van der Waals surface area contributed by atoms with E-state index in [1.807, 2.05) is 66.7 Å². The number of para-hydroxylation sites is 4. The highest BCUT2D eigenvalue weighted by molar-refractivity contribution is 6.14. The summed E-state index contributed by atoms with van der Waals surface area (Å²) in [6.45, 7) is 8.29. The van der Waals surface area contributed by atoms with E-state index < -0.39 is 0 Å². The van der Waals surface area contributed by atoms with Crippen molar-refractivity contribution in [2.24, 2.45) is 0 Å². The molecular formula is C71H44N6. The molecule has 0 radical (unpaired) electrons. The summed E-state index contributed by atoms with van der Waals surface area (Å²) in [4.78, 5) is 14.0.